The van der Waals surface area contributed by atoms with E-state index in [0.717, 1.165) is 6.42 Å². The van der Waals surface area contributed by atoms with Crippen LogP contribution in [0, 0.1) is 0 Å². The minimum atomic E-state index is -0.0957. The molecule has 1 aromatic carbocycles. The molecule has 0 spiro atoms. The lowest BCUT2D eigenvalue weighted by atomic mass is 10.1. The first-order valence-electron chi connectivity index (χ1n) is 6.70. The lowest BCUT2D eigenvalue weighted by molar-refractivity contribution is -0.0979. The van der Waals surface area contributed by atoms with Crippen LogP contribution < -0.4 is 11.5 Å². The summed E-state index contributed by atoms with van der Waals surface area (Å²) in [7, 11) is 0. The van der Waals surface area contributed by atoms with E-state index in [1.807, 2.05) is 12.9 Å². The van der Waals surface area contributed by atoms with Crippen molar-refractivity contribution in [3.63, 3.8) is 0 Å². The number of carbonyl (C=O) groups is 1. The van der Waals surface area contributed by atoms with Gasteiger partial charge in [0.2, 0.25) is 0 Å². The van der Waals surface area contributed by atoms with Crippen molar-refractivity contribution >= 4 is 6.79 Å². The largest absolute Gasteiger partial charge is 0.508 e. The first kappa shape index (κ1) is 19.9. The van der Waals surface area contributed by atoms with Crippen LogP contribution in [0.25, 0.3) is 0 Å². The molecule has 4 heteroatoms. The number of phenolic OH excluding ortho intramolecular Hbond substituents is 1. The molecule has 5 N–H and O–H groups in total. The lowest BCUT2D eigenvalue weighted by Crippen LogP contribution is -2.29. The number of carbonyl (C=O) groups excluding carboxylic acids is 1. The second-order valence-corrected chi connectivity index (χ2v) is 4.20. The second-order valence-electron chi connectivity index (χ2n) is 4.20. The van der Waals surface area contributed by atoms with Crippen molar-refractivity contribution in [2.75, 3.05) is 0 Å². The molecule has 0 unspecified atom stereocenters. The maximum absolute atomic E-state index is 8.63. The van der Waals surface area contributed by atoms with E-state index >= 15 is 0 Å². The fraction of sp³-hybridized carbons (Fsp3) is 0.533. The SMILES string of the molecule is C=O.CCCCCCCC(N)N.Oc1ccccc1. The van der Waals surface area contributed by atoms with Gasteiger partial charge in [0.05, 0.1) is 6.17 Å². The first-order chi connectivity index (χ1) is 9.16. The molecule has 1 rings (SSSR count). The highest BCUT2D eigenvalue weighted by Gasteiger charge is 1.93. The summed E-state index contributed by atoms with van der Waals surface area (Å²) in [5.74, 6) is 0.322. The van der Waals surface area contributed by atoms with Crippen molar-refractivity contribution in [3.8, 4) is 5.75 Å². The highest BCUT2D eigenvalue weighted by Crippen LogP contribution is 2.04. The fourth-order valence-electron chi connectivity index (χ4n) is 1.41. The van der Waals surface area contributed by atoms with E-state index in [1.165, 1.54) is 32.1 Å². The summed E-state index contributed by atoms with van der Waals surface area (Å²) < 4.78 is 0. The van der Waals surface area contributed by atoms with Gasteiger partial charge < -0.3 is 21.4 Å². The van der Waals surface area contributed by atoms with Gasteiger partial charge >= 0.3 is 0 Å². The van der Waals surface area contributed by atoms with Crippen molar-refractivity contribution in [1.29, 1.82) is 0 Å². The molecule has 110 valence electrons. The van der Waals surface area contributed by atoms with Crippen LogP contribution in [0.2, 0.25) is 0 Å². The number of nitrogens with two attached hydrogens (primary N) is 2. The molecule has 0 radical (unpaired) electrons. The Hall–Kier alpha value is -1.39. The molecule has 0 aliphatic carbocycles. The van der Waals surface area contributed by atoms with Gasteiger partial charge in [0.15, 0.2) is 0 Å². The smallest absolute Gasteiger partial charge is 0.115 e. The zero-order valence-corrected chi connectivity index (χ0v) is 11.9. The quantitative estimate of drug-likeness (QED) is 0.546. The third-order valence-electron chi connectivity index (χ3n) is 2.40. The van der Waals surface area contributed by atoms with Gasteiger partial charge in [-0.3, -0.25) is 0 Å². The molecular weight excluding hydrogens is 240 g/mol. The molecule has 0 amide bonds. The highest BCUT2D eigenvalue weighted by molar-refractivity contribution is 5.18. The number of benzene rings is 1. The summed E-state index contributed by atoms with van der Waals surface area (Å²) in [6, 6.07) is 8.71. The van der Waals surface area contributed by atoms with Gasteiger partial charge in [-0.1, -0.05) is 57.2 Å². The summed E-state index contributed by atoms with van der Waals surface area (Å²) in [6.07, 6.45) is 7.35. The van der Waals surface area contributed by atoms with Crippen LogP contribution in [0.15, 0.2) is 30.3 Å². The monoisotopic (exact) mass is 268 g/mol. The number of unbranched alkanes of at least 4 members (excludes halogenated alkanes) is 4. The number of hydrogen-bond donors (Lipinski definition) is 3. The van der Waals surface area contributed by atoms with E-state index in [2.05, 4.69) is 6.92 Å². The van der Waals surface area contributed by atoms with Crippen molar-refractivity contribution in [1.82, 2.24) is 0 Å². The van der Waals surface area contributed by atoms with Crippen LogP contribution >= 0.6 is 0 Å². The third-order valence-corrected chi connectivity index (χ3v) is 2.40. The lowest BCUT2D eigenvalue weighted by Gasteiger charge is -2.03. The van der Waals surface area contributed by atoms with Crippen molar-refractivity contribution < 1.29 is 9.90 Å². The van der Waals surface area contributed by atoms with Crippen molar-refractivity contribution in [2.45, 2.75) is 51.6 Å². The molecule has 4 nitrogen and oxygen atoms in total. The van der Waals surface area contributed by atoms with E-state index < -0.39 is 0 Å². The van der Waals surface area contributed by atoms with Crippen LogP contribution in [0.1, 0.15) is 45.4 Å². The molecule has 0 bridgehead atoms. The topological polar surface area (TPSA) is 89.3 Å². The maximum Gasteiger partial charge on any atom is 0.115 e. The summed E-state index contributed by atoms with van der Waals surface area (Å²) in [5.41, 5.74) is 10.8. The zero-order chi connectivity index (χ0) is 14.9. The predicted molar refractivity (Wildman–Crippen MR) is 80.8 cm³/mol. The zero-order valence-electron chi connectivity index (χ0n) is 11.9. The molecule has 0 saturated heterocycles. The fourth-order valence-corrected chi connectivity index (χ4v) is 1.41. The van der Waals surface area contributed by atoms with Crippen LogP contribution in [-0.4, -0.2) is 18.1 Å². The highest BCUT2D eigenvalue weighted by atomic mass is 16.3. The Morgan fingerprint density at radius 1 is 1.05 bits per heavy atom. The molecule has 0 heterocycles. The van der Waals surface area contributed by atoms with Gasteiger partial charge in [-0.25, -0.2) is 0 Å². The molecule has 0 aromatic heterocycles. The maximum atomic E-state index is 8.63. The molecule has 0 fully saturated rings. The molecule has 0 atom stereocenters. The van der Waals surface area contributed by atoms with E-state index in [0.29, 0.717) is 5.75 Å². The number of hydrogen-bond acceptors (Lipinski definition) is 4. The van der Waals surface area contributed by atoms with E-state index in [9.17, 15) is 0 Å². The summed E-state index contributed by atoms with van der Waals surface area (Å²) in [6.45, 7) is 4.22. The first-order valence-corrected chi connectivity index (χ1v) is 6.70. The van der Waals surface area contributed by atoms with E-state index in [-0.39, 0.29) is 6.17 Å². The molecule has 1 aromatic rings. The van der Waals surface area contributed by atoms with Crippen LogP contribution in [-0.2, 0) is 4.79 Å². The summed E-state index contributed by atoms with van der Waals surface area (Å²) in [4.78, 5) is 8.00. The van der Waals surface area contributed by atoms with Gasteiger partial charge in [0.1, 0.15) is 12.5 Å². The van der Waals surface area contributed by atoms with E-state index in [4.69, 9.17) is 21.4 Å². The van der Waals surface area contributed by atoms with E-state index in [1.54, 1.807) is 24.3 Å². The summed E-state index contributed by atoms with van der Waals surface area (Å²) >= 11 is 0. The normalized spacial score (nSPS) is 9.05. The van der Waals surface area contributed by atoms with Crippen LogP contribution in [0.3, 0.4) is 0 Å². The minimum Gasteiger partial charge on any atom is -0.508 e. The number of aromatic hydroxyl groups is 1. The predicted octanol–water partition coefficient (Wildman–Crippen LogP) is 2.80. The Morgan fingerprint density at radius 2 is 1.58 bits per heavy atom. The van der Waals surface area contributed by atoms with Gasteiger partial charge in [0.25, 0.3) is 0 Å². The number of para-hydroxylation sites is 1. The Morgan fingerprint density at radius 3 is 1.95 bits per heavy atom. The average Bonchev–Trinajstić information content (AvgIpc) is 2.42. The third kappa shape index (κ3) is 19.1. The molecule has 0 aliphatic heterocycles. The van der Waals surface area contributed by atoms with Crippen LogP contribution in [0.5, 0.6) is 5.75 Å². The number of phenols is 1. The summed E-state index contributed by atoms with van der Waals surface area (Å²) in [5, 5.41) is 8.63. The minimum absolute atomic E-state index is 0.0957. The number of rotatable bonds is 6. The Bertz CT molecular complexity index is 266. The molecule has 0 saturated carbocycles. The van der Waals surface area contributed by atoms with Gasteiger partial charge in [-0.2, -0.15) is 0 Å². The molecule has 19 heavy (non-hydrogen) atoms. The Balaban J connectivity index is 0. The van der Waals surface area contributed by atoms with Crippen molar-refractivity contribution in [3.05, 3.63) is 30.3 Å². The van der Waals surface area contributed by atoms with Gasteiger partial charge in [0, 0.05) is 0 Å². The molecular formula is C15H28N2O2. The second kappa shape index (κ2) is 16.6. The Kier molecular flexibility index (Phi) is 17.4. The van der Waals surface area contributed by atoms with Crippen LogP contribution in [0.4, 0.5) is 0 Å². The standard InChI is InChI=1S/C8H20N2.C6H6O.CH2O/c1-2-3-4-5-6-7-8(9)10;7-6-4-2-1-3-5-6;1-2/h8H,2-7,9-10H2,1H3;1-5,7H;1H2. The molecule has 0 aliphatic rings. The average molecular weight is 268 g/mol. The van der Waals surface area contributed by atoms with Gasteiger partial charge in [-0.15, -0.1) is 0 Å². The van der Waals surface area contributed by atoms with Crippen molar-refractivity contribution in [2.24, 2.45) is 11.5 Å². The van der Waals surface area contributed by atoms with Gasteiger partial charge in [-0.05, 0) is 18.6 Å². The Labute approximate surface area is 116 Å².